The van der Waals surface area contributed by atoms with Gasteiger partial charge in [0.25, 0.3) is 0 Å². The number of aromatic nitrogens is 2. The molecule has 2 aromatic rings. The molecule has 0 amide bonds. The van der Waals surface area contributed by atoms with E-state index in [1.54, 1.807) is 20.2 Å². The van der Waals surface area contributed by atoms with Gasteiger partial charge in [0, 0.05) is 29.2 Å². The van der Waals surface area contributed by atoms with E-state index in [1.165, 1.54) is 11.8 Å². The summed E-state index contributed by atoms with van der Waals surface area (Å²) >= 11 is 1.49. The van der Waals surface area contributed by atoms with E-state index in [1.807, 2.05) is 18.2 Å². The number of ketones is 1. The average Bonchev–Trinajstić information content (AvgIpc) is 2.93. The second-order valence-electron chi connectivity index (χ2n) is 4.91. The third-order valence-corrected chi connectivity index (χ3v) is 4.29. The highest BCUT2D eigenvalue weighted by atomic mass is 32.2. The van der Waals surface area contributed by atoms with Crippen molar-refractivity contribution in [2.45, 2.75) is 12.1 Å². The maximum atomic E-state index is 11.9. The molecule has 112 valence electrons. The molecule has 0 saturated heterocycles. The van der Waals surface area contributed by atoms with Gasteiger partial charge in [-0.05, 0) is 19.1 Å². The summed E-state index contributed by atoms with van der Waals surface area (Å²) in [6, 6.07) is 5.68. The molecule has 0 aliphatic carbocycles. The number of imidazole rings is 1. The lowest BCUT2D eigenvalue weighted by Crippen LogP contribution is -2.18. The van der Waals surface area contributed by atoms with Crippen LogP contribution in [0.1, 0.15) is 6.92 Å². The molecule has 0 atom stereocenters. The van der Waals surface area contributed by atoms with Gasteiger partial charge in [-0.3, -0.25) is 9.79 Å². The largest absolute Gasteiger partial charge is 0.497 e. The molecule has 1 N–H and O–H groups in total. The third-order valence-electron chi connectivity index (χ3n) is 3.41. The molecule has 3 rings (SSSR count). The van der Waals surface area contributed by atoms with Crippen LogP contribution in [-0.2, 0) is 4.79 Å². The lowest BCUT2D eigenvalue weighted by atomic mass is 10.0. The highest BCUT2D eigenvalue weighted by Crippen LogP contribution is 2.24. The van der Waals surface area contributed by atoms with Crippen molar-refractivity contribution in [1.29, 1.82) is 0 Å². The highest BCUT2D eigenvalue weighted by molar-refractivity contribution is 7.99. The monoisotopic (exact) mass is 313 g/mol. The summed E-state index contributed by atoms with van der Waals surface area (Å²) in [5.41, 5.74) is 3.57. The quantitative estimate of drug-likeness (QED) is 0.695. The van der Waals surface area contributed by atoms with Crippen LogP contribution in [0.4, 0.5) is 0 Å². The zero-order valence-corrected chi connectivity index (χ0v) is 13.2. The first-order valence-electron chi connectivity index (χ1n) is 6.72. The number of Topliss-reactive ketones (excluding diaryl/α,β-unsaturated/α-hetero) is 1. The van der Waals surface area contributed by atoms with Crippen molar-refractivity contribution in [2.24, 2.45) is 4.99 Å². The molecule has 1 aromatic carbocycles. The predicted octanol–water partition coefficient (Wildman–Crippen LogP) is 3.15. The average molecular weight is 313 g/mol. The number of rotatable bonds is 4. The molecule has 2 heterocycles. The lowest BCUT2D eigenvalue weighted by Gasteiger charge is -2.11. The normalized spacial score (nSPS) is 15.0. The van der Waals surface area contributed by atoms with Crippen molar-refractivity contribution in [3.63, 3.8) is 0 Å². The number of benzene rings is 1. The minimum Gasteiger partial charge on any atom is -0.497 e. The third kappa shape index (κ3) is 2.69. The van der Waals surface area contributed by atoms with Gasteiger partial charge in [0.2, 0.25) is 0 Å². The van der Waals surface area contributed by atoms with Crippen LogP contribution in [0.3, 0.4) is 0 Å². The summed E-state index contributed by atoms with van der Waals surface area (Å²) in [5.74, 6) is 1.29. The van der Waals surface area contributed by atoms with Crippen LogP contribution >= 0.6 is 11.8 Å². The maximum absolute atomic E-state index is 11.9. The van der Waals surface area contributed by atoms with Crippen LogP contribution < -0.4 is 4.74 Å². The first-order valence-corrected chi connectivity index (χ1v) is 7.71. The summed E-state index contributed by atoms with van der Waals surface area (Å²) in [6.45, 7) is 5.57. The van der Waals surface area contributed by atoms with E-state index in [9.17, 15) is 4.79 Å². The molecular weight excluding hydrogens is 298 g/mol. The van der Waals surface area contributed by atoms with Gasteiger partial charge in [-0.25, -0.2) is 4.98 Å². The van der Waals surface area contributed by atoms with Crippen LogP contribution in [0.15, 0.2) is 52.3 Å². The topological polar surface area (TPSA) is 67.3 Å². The summed E-state index contributed by atoms with van der Waals surface area (Å²) in [6.07, 6.45) is 1.59. The summed E-state index contributed by atoms with van der Waals surface area (Å²) in [7, 11) is 1.63. The molecular formula is C16H15N3O2S. The van der Waals surface area contributed by atoms with E-state index in [0.29, 0.717) is 22.6 Å². The SMILES string of the molecule is C=C1C(=O)C(C)=CN=C1CSc1nc2ccc(OC)cc2[nH]1. The van der Waals surface area contributed by atoms with Crippen molar-refractivity contribution < 1.29 is 9.53 Å². The Morgan fingerprint density at radius 3 is 3.00 bits per heavy atom. The van der Waals surface area contributed by atoms with Gasteiger partial charge in [0.15, 0.2) is 10.9 Å². The van der Waals surface area contributed by atoms with Gasteiger partial charge in [0.05, 0.1) is 23.9 Å². The summed E-state index contributed by atoms with van der Waals surface area (Å²) < 4.78 is 5.19. The first kappa shape index (κ1) is 14.6. The molecule has 1 aliphatic rings. The van der Waals surface area contributed by atoms with Crippen LogP contribution in [0.25, 0.3) is 11.0 Å². The van der Waals surface area contributed by atoms with Gasteiger partial charge in [-0.2, -0.15) is 0 Å². The Balaban J connectivity index is 1.77. The van der Waals surface area contributed by atoms with Gasteiger partial charge < -0.3 is 9.72 Å². The Bertz CT molecular complexity index is 833. The van der Waals surface area contributed by atoms with Gasteiger partial charge in [-0.15, -0.1) is 0 Å². The molecule has 5 nitrogen and oxygen atoms in total. The number of carbonyl (C=O) groups is 1. The predicted molar refractivity (Wildman–Crippen MR) is 88.7 cm³/mol. The molecule has 0 spiro atoms. The van der Waals surface area contributed by atoms with Gasteiger partial charge in [-0.1, -0.05) is 18.3 Å². The molecule has 0 radical (unpaired) electrons. The second-order valence-corrected chi connectivity index (χ2v) is 5.87. The van der Waals surface area contributed by atoms with Crippen LogP contribution in [0.2, 0.25) is 0 Å². The number of thioether (sulfide) groups is 1. The zero-order valence-electron chi connectivity index (χ0n) is 12.3. The molecule has 22 heavy (non-hydrogen) atoms. The summed E-state index contributed by atoms with van der Waals surface area (Å²) in [4.78, 5) is 23.9. The fourth-order valence-corrected chi connectivity index (χ4v) is 2.97. The van der Waals surface area contributed by atoms with Crippen molar-refractivity contribution in [2.75, 3.05) is 12.9 Å². The molecule has 0 unspecified atom stereocenters. The van der Waals surface area contributed by atoms with Gasteiger partial charge >= 0.3 is 0 Å². The number of H-pyrrole nitrogens is 1. The Morgan fingerprint density at radius 1 is 1.41 bits per heavy atom. The standard InChI is InChI=1S/C16H15N3O2S/c1-9-7-17-14(10(2)15(9)20)8-22-16-18-12-5-4-11(21-3)6-13(12)19-16/h4-7H,2,8H2,1,3H3,(H,18,19). The van der Waals surface area contributed by atoms with Crippen molar-refractivity contribution in [1.82, 2.24) is 9.97 Å². The minimum atomic E-state index is -0.0417. The fourth-order valence-electron chi connectivity index (χ4n) is 2.10. The smallest absolute Gasteiger partial charge is 0.191 e. The Labute approximate surface area is 132 Å². The molecule has 0 saturated carbocycles. The zero-order chi connectivity index (χ0) is 15.7. The highest BCUT2D eigenvalue weighted by Gasteiger charge is 2.19. The van der Waals surface area contributed by atoms with E-state index >= 15 is 0 Å². The Hall–Kier alpha value is -2.34. The molecule has 6 heteroatoms. The second kappa shape index (κ2) is 5.81. The number of aliphatic imine (C=N–C) groups is 1. The number of fused-ring (bicyclic) bond motifs is 1. The number of carbonyl (C=O) groups excluding carboxylic acids is 1. The number of ether oxygens (including phenoxy) is 1. The van der Waals surface area contributed by atoms with Crippen molar-refractivity contribution >= 4 is 34.3 Å². The number of hydrogen-bond acceptors (Lipinski definition) is 5. The van der Waals surface area contributed by atoms with Crippen LogP contribution in [-0.4, -0.2) is 34.3 Å². The van der Waals surface area contributed by atoms with Crippen LogP contribution in [0, 0.1) is 0 Å². The molecule has 1 aromatic heterocycles. The molecule has 0 fully saturated rings. The molecule has 1 aliphatic heterocycles. The van der Waals surface area contributed by atoms with Gasteiger partial charge in [0.1, 0.15) is 5.75 Å². The van der Waals surface area contributed by atoms with Crippen molar-refractivity contribution in [3.05, 3.63) is 42.1 Å². The molecule has 0 bridgehead atoms. The van der Waals surface area contributed by atoms with Crippen molar-refractivity contribution in [3.8, 4) is 5.75 Å². The van der Waals surface area contributed by atoms with E-state index in [4.69, 9.17) is 4.74 Å². The van der Waals surface area contributed by atoms with Crippen LogP contribution in [0.5, 0.6) is 5.75 Å². The first-order chi connectivity index (χ1) is 10.6. The number of hydrogen-bond donors (Lipinski definition) is 1. The number of aromatic amines is 1. The number of nitrogens with zero attached hydrogens (tertiary/aromatic N) is 2. The maximum Gasteiger partial charge on any atom is 0.191 e. The van der Waals surface area contributed by atoms with E-state index in [0.717, 1.165) is 21.9 Å². The number of methoxy groups -OCH3 is 1. The van der Waals surface area contributed by atoms with E-state index in [-0.39, 0.29) is 5.78 Å². The fraction of sp³-hybridized carbons (Fsp3) is 0.188. The summed E-state index contributed by atoms with van der Waals surface area (Å²) in [5, 5.41) is 0.775. The number of allylic oxidation sites excluding steroid dienone is 2. The van der Waals surface area contributed by atoms with E-state index in [2.05, 4.69) is 21.5 Å². The number of nitrogens with one attached hydrogen (secondary N) is 1. The lowest BCUT2D eigenvalue weighted by molar-refractivity contribution is -0.111. The van der Waals surface area contributed by atoms with E-state index < -0.39 is 0 Å². The minimum absolute atomic E-state index is 0.0417. The Morgan fingerprint density at radius 2 is 2.23 bits per heavy atom. The Kier molecular flexibility index (Phi) is 3.85.